The lowest BCUT2D eigenvalue weighted by molar-refractivity contribution is -0.136. The molecule has 1 amide bonds. The molecule has 43 heavy (non-hydrogen) atoms. The SMILES string of the molecule is O=C(O)Cc1cccc(CCCc2nc3cc(C(=O)NC4CCCc5ccccc54)ccc3nc2-c2ccc(F)cc2)c1. The van der Waals surface area contributed by atoms with Crippen molar-refractivity contribution in [3.63, 3.8) is 0 Å². The van der Waals surface area contributed by atoms with E-state index in [2.05, 4.69) is 17.4 Å². The van der Waals surface area contributed by atoms with Gasteiger partial charge in [-0.25, -0.2) is 14.4 Å². The minimum Gasteiger partial charge on any atom is -0.481 e. The number of hydrogen-bond donors (Lipinski definition) is 2. The third-order valence-corrected chi connectivity index (χ3v) is 8.02. The largest absolute Gasteiger partial charge is 0.481 e. The molecule has 1 heterocycles. The van der Waals surface area contributed by atoms with Crippen LogP contribution in [0.2, 0.25) is 0 Å². The number of aryl methyl sites for hydroxylation is 3. The first kappa shape index (κ1) is 28.2. The van der Waals surface area contributed by atoms with E-state index in [0.717, 1.165) is 54.5 Å². The van der Waals surface area contributed by atoms with Crippen molar-refractivity contribution in [3.05, 3.63) is 130 Å². The zero-order valence-electron chi connectivity index (χ0n) is 23.7. The number of carboxylic acid groups (broad SMARTS) is 1. The van der Waals surface area contributed by atoms with Crippen LogP contribution in [0.15, 0.2) is 91.0 Å². The van der Waals surface area contributed by atoms with E-state index in [0.29, 0.717) is 28.7 Å². The van der Waals surface area contributed by atoms with Crippen LogP contribution in [0, 0.1) is 5.82 Å². The maximum Gasteiger partial charge on any atom is 0.307 e. The lowest BCUT2D eigenvalue weighted by atomic mass is 9.87. The summed E-state index contributed by atoms with van der Waals surface area (Å²) >= 11 is 0. The van der Waals surface area contributed by atoms with E-state index in [1.807, 2.05) is 42.5 Å². The van der Waals surface area contributed by atoms with Crippen molar-refractivity contribution in [1.82, 2.24) is 15.3 Å². The van der Waals surface area contributed by atoms with Crippen LogP contribution >= 0.6 is 0 Å². The number of nitrogens with zero attached hydrogens (tertiary/aromatic N) is 2. The molecular weight excluding hydrogens is 541 g/mol. The topological polar surface area (TPSA) is 92.2 Å². The zero-order valence-corrected chi connectivity index (χ0v) is 23.7. The van der Waals surface area contributed by atoms with Crippen LogP contribution in [0.1, 0.15) is 63.6 Å². The molecule has 216 valence electrons. The van der Waals surface area contributed by atoms with Gasteiger partial charge in [-0.3, -0.25) is 9.59 Å². The van der Waals surface area contributed by atoms with E-state index in [1.54, 1.807) is 24.3 Å². The van der Waals surface area contributed by atoms with Crippen LogP contribution in [-0.2, 0) is 30.5 Å². The van der Waals surface area contributed by atoms with Gasteiger partial charge < -0.3 is 10.4 Å². The molecule has 0 saturated heterocycles. The molecule has 1 aromatic heterocycles. The lowest BCUT2D eigenvalue weighted by Crippen LogP contribution is -2.31. The fourth-order valence-corrected chi connectivity index (χ4v) is 5.92. The summed E-state index contributed by atoms with van der Waals surface area (Å²) in [5.41, 5.74) is 8.32. The van der Waals surface area contributed by atoms with Gasteiger partial charge >= 0.3 is 5.97 Å². The molecule has 1 aliphatic carbocycles. The Labute approximate surface area is 249 Å². The summed E-state index contributed by atoms with van der Waals surface area (Å²) in [5.74, 6) is -1.32. The number of hydrogen-bond acceptors (Lipinski definition) is 4. The van der Waals surface area contributed by atoms with Gasteiger partial charge in [-0.2, -0.15) is 0 Å². The van der Waals surface area contributed by atoms with Gasteiger partial charge in [0.05, 0.1) is 34.9 Å². The number of rotatable bonds is 9. The van der Waals surface area contributed by atoms with Gasteiger partial charge in [0.2, 0.25) is 0 Å². The molecule has 1 unspecified atom stereocenters. The normalized spacial score (nSPS) is 14.3. The summed E-state index contributed by atoms with van der Waals surface area (Å²) in [4.78, 5) is 34.4. The van der Waals surface area contributed by atoms with Gasteiger partial charge in [0, 0.05) is 11.1 Å². The van der Waals surface area contributed by atoms with Crippen LogP contribution in [0.3, 0.4) is 0 Å². The molecule has 1 atom stereocenters. The van der Waals surface area contributed by atoms with Gasteiger partial charge in [0.15, 0.2) is 0 Å². The number of carbonyl (C=O) groups is 2. The summed E-state index contributed by atoms with van der Waals surface area (Å²) in [6, 6.07) is 27.5. The van der Waals surface area contributed by atoms with Crippen molar-refractivity contribution >= 4 is 22.9 Å². The first-order valence-corrected chi connectivity index (χ1v) is 14.7. The molecule has 7 heteroatoms. The number of amides is 1. The highest BCUT2D eigenvalue weighted by molar-refractivity contribution is 5.97. The summed E-state index contributed by atoms with van der Waals surface area (Å²) in [5, 5.41) is 12.4. The van der Waals surface area contributed by atoms with E-state index >= 15 is 0 Å². The van der Waals surface area contributed by atoms with E-state index in [-0.39, 0.29) is 24.2 Å². The average molecular weight is 574 g/mol. The Morgan fingerprint density at radius 2 is 1.67 bits per heavy atom. The van der Waals surface area contributed by atoms with Gasteiger partial charge in [-0.1, -0.05) is 48.5 Å². The first-order chi connectivity index (χ1) is 20.9. The van der Waals surface area contributed by atoms with Crippen molar-refractivity contribution < 1.29 is 19.1 Å². The number of halogens is 1. The molecule has 0 aliphatic heterocycles. The van der Waals surface area contributed by atoms with Gasteiger partial charge in [-0.05, 0) is 103 Å². The highest BCUT2D eigenvalue weighted by Gasteiger charge is 2.22. The summed E-state index contributed by atoms with van der Waals surface area (Å²) < 4.78 is 13.7. The van der Waals surface area contributed by atoms with Gasteiger partial charge in [0.1, 0.15) is 5.82 Å². The first-order valence-electron chi connectivity index (χ1n) is 14.7. The summed E-state index contributed by atoms with van der Waals surface area (Å²) in [6.07, 6.45) is 5.05. The quantitative estimate of drug-likeness (QED) is 0.197. The average Bonchev–Trinajstić information content (AvgIpc) is 3.01. The maximum atomic E-state index is 13.7. The number of aliphatic carboxylic acids is 1. The lowest BCUT2D eigenvalue weighted by Gasteiger charge is -2.26. The van der Waals surface area contributed by atoms with E-state index in [4.69, 9.17) is 15.1 Å². The third-order valence-electron chi connectivity index (χ3n) is 8.02. The second kappa shape index (κ2) is 12.5. The molecule has 0 radical (unpaired) electrons. The number of fused-ring (bicyclic) bond motifs is 2. The highest BCUT2D eigenvalue weighted by atomic mass is 19.1. The van der Waals surface area contributed by atoms with Crippen molar-refractivity contribution in [2.24, 2.45) is 0 Å². The Bertz CT molecular complexity index is 1800. The summed E-state index contributed by atoms with van der Waals surface area (Å²) in [7, 11) is 0. The Balaban J connectivity index is 1.26. The fourth-order valence-electron chi connectivity index (χ4n) is 5.92. The maximum absolute atomic E-state index is 13.7. The van der Waals surface area contributed by atoms with Crippen LogP contribution in [0.4, 0.5) is 4.39 Å². The Morgan fingerprint density at radius 1 is 0.860 bits per heavy atom. The van der Waals surface area contributed by atoms with Crippen molar-refractivity contribution in [2.45, 2.75) is 51.0 Å². The molecule has 6 rings (SSSR count). The molecular formula is C36H32FN3O3. The van der Waals surface area contributed by atoms with E-state index < -0.39 is 5.97 Å². The number of carboxylic acids is 1. The second-order valence-corrected chi connectivity index (χ2v) is 11.1. The zero-order chi connectivity index (χ0) is 29.8. The predicted molar refractivity (Wildman–Crippen MR) is 164 cm³/mol. The minimum atomic E-state index is -0.857. The van der Waals surface area contributed by atoms with Crippen molar-refractivity contribution in [3.8, 4) is 11.3 Å². The Kier molecular flexibility index (Phi) is 8.22. The van der Waals surface area contributed by atoms with Gasteiger partial charge in [-0.15, -0.1) is 0 Å². The third kappa shape index (κ3) is 6.61. The van der Waals surface area contributed by atoms with Crippen LogP contribution < -0.4 is 5.32 Å². The molecule has 0 spiro atoms. The standard InChI is InChI=1S/C36H32FN3O3/c37-28-17-14-26(15-18-28)35-32(13-4-7-23-6-3-8-24(20-23)21-34(41)42)38-33-22-27(16-19-31(33)39-35)36(43)40-30-12-5-10-25-9-1-2-11-29(25)30/h1-3,6,8-9,11,14-20,22,30H,4-5,7,10,12-13,21H2,(H,40,43)(H,41,42). The smallest absolute Gasteiger partial charge is 0.307 e. The number of aromatic nitrogens is 2. The van der Waals surface area contributed by atoms with E-state index in [1.165, 1.54) is 23.3 Å². The molecule has 6 nitrogen and oxygen atoms in total. The number of carbonyl (C=O) groups excluding carboxylic acids is 1. The van der Waals surface area contributed by atoms with Crippen molar-refractivity contribution in [1.29, 1.82) is 0 Å². The van der Waals surface area contributed by atoms with Crippen molar-refractivity contribution in [2.75, 3.05) is 0 Å². The fraction of sp³-hybridized carbons (Fsp3) is 0.222. The second-order valence-electron chi connectivity index (χ2n) is 11.1. The van der Waals surface area contributed by atoms with Crippen LogP contribution in [-0.4, -0.2) is 27.0 Å². The molecule has 4 aromatic carbocycles. The predicted octanol–water partition coefficient (Wildman–Crippen LogP) is 7.05. The van der Waals surface area contributed by atoms with Crippen LogP contribution in [0.25, 0.3) is 22.3 Å². The number of benzene rings is 4. The Morgan fingerprint density at radius 3 is 2.51 bits per heavy atom. The molecule has 5 aromatic rings. The number of nitrogens with one attached hydrogen (secondary N) is 1. The molecule has 1 aliphatic rings. The molecule has 0 saturated carbocycles. The highest BCUT2D eigenvalue weighted by Crippen LogP contribution is 2.30. The Hall–Kier alpha value is -4.91. The summed E-state index contributed by atoms with van der Waals surface area (Å²) in [6.45, 7) is 0. The van der Waals surface area contributed by atoms with Crippen LogP contribution in [0.5, 0.6) is 0 Å². The minimum absolute atomic E-state index is 0.0120. The molecule has 2 N–H and O–H groups in total. The van der Waals surface area contributed by atoms with Gasteiger partial charge in [0.25, 0.3) is 5.91 Å². The molecule has 0 bridgehead atoms. The monoisotopic (exact) mass is 573 g/mol. The molecule has 0 fully saturated rings. The van der Waals surface area contributed by atoms with E-state index in [9.17, 15) is 14.0 Å².